The molecule has 160 valence electrons. The normalized spacial score (nSPS) is 14.3. The number of rotatable bonds is 4. The Kier molecular flexibility index (Phi) is 6.62. The molecule has 1 aliphatic heterocycles. The van der Waals surface area contributed by atoms with Crippen LogP contribution in [0.15, 0.2) is 53.1 Å². The van der Waals surface area contributed by atoms with Crippen molar-refractivity contribution in [3.63, 3.8) is 0 Å². The standard InChI is InChI=1S/C22H22BrN5O2S/c1-30-21(29)14-3-2-4-18(11-14)26-22(31)25-17-7-9-28(10-8-17)20-19-12-16(23)6-5-15(19)13-24-27-20/h2-6,11-13,17H,7-10H2,1H3,(H2,25,26,31). The van der Waals surface area contributed by atoms with E-state index in [1.807, 2.05) is 18.2 Å². The van der Waals surface area contributed by atoms with Gasteiger partial charge in [-0.05, 0) is 55.4 Å². The fourth-order valence-electron chi connectivity index (χ4n) is 3.70. The highest BCUT2D eigenvalue weighted by atomic mass is 79.9. The largest absolute Gasteiger partial charge is 0.465 e. The number of methoxy groups -OCH3 is 1. The third kappa shape index (κ3) is 5.11. The fourth-order valence-corrected chi connectivity index (χ4v) is 4.34. The highest BCUT2D eigenvalue weighted by molar-refractivity contribution is 9.10. The number of hydrogen-bond acceptors (Lipinski definition) is 6. The van der Waals surface area contributed by atoms with E-state index in [2.05, 4.69) is 47.7 Å². The fraction of sp³-hybridized carbons (Fsp3) is 0.273. The van der Waals surface area contributed by atoms with E-state index in [0.717, 1.165) is 52.7 Å². The number of carbonyl (C=O) groups excluding carboxylic acids is 1. The molecular weight excluding hydrogens is 478 g/mol. The third-order valence-corrected chi connectivity index (χ3v) is 5.99. The number of fused-ring (bicyclic) bond motifs is 1. The van der Waals surface area contributed by atoms with Crippen LogP contribution in [0.5, 0.6) is 0 Å². The summed E-state index contributed by atoms with van der Waals surface area (Å²) in [5, 5.41) is 17.8. The van der Waals surface area contributed by atoms with Crippen molar-refractivity contribution in [2.45, 2.75) is 18.9 Å². The molecule has 9 heteroatoms. The lowest BCUT2D eigenvalue weighted by molar-refractivity contribution is 0.0601. The van der Waals surface area contributed by atoms with Gasteiger partial charge < -0.3 is 20.3 Å². The molecule has 4 rings (SSSR count). The summed E-state index contributed by atoms with van der Waals surface area (Å²) in [5.74, 6) is 0.538. The maximum atomic E-state index is 11.7. The number of anilines is 2. The Balaban J connectivity index is 1.35. The van der Waals surface area contributed by atoms with Gasteiger partial charge >= 0.3 is 5.97 Å². The minimum absolute atomic E-state index is 0.259. The predicted molar refractivity (Wildman–Crippen MR) is 130 cm³/mol. The van der Waals surface area contributed by atoms with Gasteiger partial charge in [-0.25, -0.2) is 4.79 Å². The Labute approximate surface area is 194 Å². The van der Waals surface area contributed by atoms with Crippen LogP contribution >= 0.6 is 28.1 Å². The summed E-state index contributed by atoms with van der Waals surface area (Å²) in [7, 11) is 1.36. The monoisotopic (exact) mass is 499 g/mol. The SMILES string of the molecule is COC(=O)c1cccc(NC(=S)NC2CCN(c3nncc4ccc(Br)cc34)CC2)c1. The molecule has 3 aromatic rings. The zero-order valence-electron chi connectivity index (χ0n) is 17.0. The molecule has 2 N–H and O–H groups in total. The second kappa shape index (κ2) is 9.57. The molecule has 0 saturated carbocycles. The zero-order valence-corrected chi connectivity index (χ0v) is 19.4. The van der Waals surface area contributed by atoms with E-state index in [-0.39, 0.29) is 12.0 Å². The van der Waals surface area contributed by atoms with Crippen LogP contribution < -0.4 is 15.5 Å². The number of thiocarbonyl (C=S) groups is 1. The van der Waals surface area contributed by atoms with Crippen LogP contribution in [0.4, 0.5) is 11.5 Å². The van der Waals surface area contributed by atoms with Crippen LogP contribution in [0.1, 0.15) is 23.2 Å². The molecule has 7 nitrogen and oxygen atoms in total. The molecule has 0 amide bonds. The van der Waals surface area contributed by atoms with Gasteiger partial charge in [0, 0.05) is 40.1 Å². The Morgan fingerprint density at radius 3 is 2.81 bits per heavy atom. The maximum Gasteiger partial charge on any atom is 0.337 e. The van der Waals surface area contributed by atoms with Crippen LogP contribution in [0.25, 0.3) is 10.8 Å². The van der Waals surface area contributed by atoms with Gasteiger partial charge in [0.25, 0.3) is 0 Å². The molecule has 0 unspecified atom stereocenters. The lowest BCUT2D eigenvalue weighted by Crippen LogP contribution is -2.46. The maximum absolute atomic E-state index is 11.7. The van der Waals surface area contributed by atoms with Crippen molar-refractivity contribution in [1.29, 1.82) is 0 Å². The van der Waals surface area contributed by atoms with Crippen molar-refractivity contribution in [2.24, 2.45) is 0 Å². The highest BCUT2D eigenvalue weighted by Gasteiger charge is 2.22. The number of halogens is 1. The lowest BCUT2D eigenvalue weighted by Gasteiger charge is -2.34. The van der Waals surface area contributed by atoms with Crippen LogP contribution in [-0.2, 0) is 4.74 Å². The summed E-state index contributed by atoms with van der Waals surface area (Å²) >= 11 is 9.02. The van der Waals surface area contributed by atoms with Crippen molar-refractivity contribution < 1.29 is 9.53 Å². The molecule has 1 aliphatic rings. The molecule has 1 aromatic heterocycles. The number of piperidine rings is 1. The minimum Gasteiger partial charge on any atom is -0.465 e. The second-order valence-corrected chi connectivity index (χ2v) is 8.66. The van der Waals surface area contributed by atoms with E-state index in [1.165, 1.54) is 7.11 Å². The molecule has 31 heavy (non-hydrogen) atoms. The van der Waals surface area contributed by atoms with Crippen molar-refractivity contribution in [3.8, 4) is 0 Å². The van der Waals surface area contributed by atoms with Gasteiger partial charge in [-0.15, -0.1) is 5.10 Å². The summed E-state index contributed by atoms with van der Waals surface area (Å²) in [4.78, 5) is 14.0. The second-order valence-electron chi connectivity index (χ2n) is 7.33. The number of nitrogens with one attached hydrogen (secondary N) is 2. The topological polar surface area (TPSA) is 79.4 Å². The van der Waals surface area contributed by atoms with E-state index in [0.29, 0.717) is 10.7 Å². The molecule has 2 aromatic carbocycles. The van der Waals surface area contributed by atoms with Crippen molar-refractivity contribution >= 4 is 61.5 Å². The number of carbonyl (C=O) groups is 1. The van der Waals surface area contributed by atoms with E-state index in [9.17, 15) is 4.79 Å². The summed E-state index contributed by atoms with van der Waals surface area (Å²) in [5.41, 5.74) is 1.22. The molecule has 1 fully saturated rings. The van der Waals surface area contributed by atoms with E-state index in [4.69, 9.17) is 17.0 Å². The number of hydrogen-bond donors (Lipinski definition) is 2. The highest BCUT2D eigenvalue weighted by Crippen LogP contribution is 2.28. The van der Waals surface area contributed by atoms with Crippen molar-refractivity contribution in [1.82, 2.24) is 15.5 Å². The van der Waals surface area contributed by atoms with E-state index < -0.39 is 0 Å². The number of benzene rings is 2. The predicted octanol–water partition coefficient (Wildman–Crippen LogP) is 4.13. The van der Waals surface area contributed by atoms with Gasteiger partial charge in [-0.3, -0.25) is 0 Å². The van der Waals surface area contributed by atoms with Gasteiger partial charge in [0.2, 0.25) is 0 Å². The quantitative estimate of drug-likeness (QED) is 0.409. The van der Waals surface area contributed by atoms with Gasteiger partial charge in [-0.2, -0.15) is 5.10 Å². The average molecular weight is 500 g/mol. The molecule has 0 bridgehead atoms. The zero-order chi connectivity index (χ0) is 21.8. The minimum atomic E-state index is -0.376. The van der Waals surface area contributed by atoms with Crippen LogP contribution in [0, 0.1) is 0 Å². The lowest BCUT2D eigenvalue weighted by atomic mass is 10.0. The molecule has 0 aliphatic carbocycles. The van der Waals surface area contributed by atoms with Gasteiger partial charge in [0.15, 0.2) is 10.9 Å². The first-order valence-corrected chi connectivity index (χ1v) is 11.2. The molecular formula is C22H22BrN5O2S. The number of aromatic nitrogens is 2. The first-order valence-electron chi connectivity index (χ1n) is 9.95. The third-order valence-electron chi connectivity index (χ3n) is 5.28. The smallest absolute Gasteiger partial charge is 0.337 e. The van der Waals surface area contributed by atoms with E-state index in [1.54, 1.807) is 24.4 Å². The van der Waals surface area contributed by atoms with Gasteiger partial charge in [0.1, 0.15) is 0 Å². The van der Waals surface area contributed by atoms with E-state index >= 15 is 0 Å². The summed E-state index contributed by atoms with van der Waals surface area (Å²) in [6, 6.07) is 13.5. The molecule has 0 spiro atoms. The Morgan fingerprint density at radius 1 is 1.23 bits per heavy atom. The van der Waals surface area contributed by atoms with Gasteiger partial charge in [-0.1, -0.05) is 28.1 Å². The van der Waals surface area contributed by atoms with Crippen molar-refractivity contribution in [2.75, 3.05) is 30.4 Å². The average Bonchev–Trinajstić information content (AvgIpc) is 2.79. The molecule has 0 atom stereocenters. The first kappa shape index (κ1) is 21.5. The van der Waals surface area contributed by atoms with Crippen LogP contribution in [0.3, 0.4) is 0 Å². The Hall–Kier alpha value is -2.78. The summed E-state index contributed by atoms with van der Waals surface area (Å²) < 4.78 is 5.79. The van der Waals surface area contributed by atoms with Crippen LogP contribution in [0.2, 0.25) is 0 Å². The number of nitrogens with zero attached hydrogens (tertiary/aromatic N) is 3. The first-order chi connectivity index (χ1) is 15.0. The number of ether oxygens (including phenoxy) is 1. The summed E-state index contributed by atoms with van der Waals surface area (Å²) in [6.07, 6.45) is 3.64. The molecule has 1 saturated heterocycles. The van der Waals surface area contributed by atoms with Crippen molar-refractivity contribution in [3.05, 3.63) is 58.7 Å². The molecule has 2 heterocycles. The molecule has 0 radical (unpaired) electrons. The number of esters is 1. The van der Waals surface area contributed by atoms with Crippen LogP contribution in [-0.4, -0.2) is 47.5 Å². The summed E-state index contributed by atoms with van der Waals surface area (Å²) in [6.45, 7) is 1.72. The Morgan fingerprint density at radius 2 is 2.03 bits per heavy atom. The Bertz CT molecular complexity index is 1120. The van der Waals surface area contributed by atoms with Gasteiger partial charge in [0.05, 0.1) is 18.9 Å².